The standard InChI is InChI=1S/C23H19F3N2O2S/c1-15-7-2-3-10-18(15)22(30)27-16-8-6-9-17(13-16)31-14-21(29)28-20-12-5-4-11-19(20)23(24,25)26/h2-13H,14H2,1H3,(H,27,30)(H,28,29). The summed E-state index contributed by atoms with van der Waals surface area (Å²) in [7, 11) is 0. The van der Waals surface area contributed by atoms with E-state index < -0.39 is 17.6 Å². The van der Waals surface area contributed by atoms with Crippen LogP contribution in [0.3, 0.4) is 0 Å². The molecule has 0 aliphatic carbocycles. The summed E-state index contributed by atoms with van der Waals surface area (Å²) in [6, 6.07) is 18.9. The van der Waals surface area contributed by atoms with Crippen LogP contribution < -0.4 is 10.6 Å². The number of para-hydroxylation sites is 1. The summed E-state index contributed by atoms with van der Waals surface area (Å²) in [5, 5.41) is 5.13. The SMILES string of the molecule is Cc1ccccc1C(=O)Nc1cccc(SCC(=O)Nc2ccccc2C(F)(F)F)c1. The number of carbonyl (C=O) groups is 2. The molecule has 3 aromatic carbocycles. The second kappa shape index (κ2) is 9.70. The number of aryl methyl sites for hydroxylation is 1. The first-order valence-corrected chi connectivity index (χ1v) is 10.3. The van der Waals surface area contributed by atoms with Crippen LogP contribution in [0.15, 0.2) is 77.7 Å². The molecule has 0 saturated heterocycles. The second-order valence-corrected chi connectivity index (χ2v) is 7.73. The molecular formula is C23H19F3N2O2S. The van der Waals surface area contributed by atoms with E-state index in [9.17, 15) is 22.8 Å². The molecular weight excluding hydrogens is 425 g/mol. The van der Waals surface area contributed by atoms with E-state index in [0.29, 0.717) is 16.1 Å². The smallest absolute Gasteiger partial charge is 0.325 e. The molecule has 0 aromatic heterocycles. The summed E-state index contributed by atoms with van der Waals surface area (Å²) in [5.74, 6) is -0.890. The van der Waals surface area contributed by atoms with Gasteiger partial charge < -0.3 is 10.6 Å². The summed E-state index contributed by atoms with van der Waals surface area (Å²) in [6.45, 7) is 1.84. The maximum atomic E-state index is 13.1. The Kier molecular flexibility index (Phi) is 7.02. The minimum absolute atomic E-state index is 0.0820. The number of amides is 2. The van der Waals surface area contributed by atoms with Crippen molar-refractivity contribution in [2.75, 3.05) is 16.4 Å². The molecule has 0 radical (unpaired) electrons. The van der Waals surface area contributed by atoms with Gasteiger partial charge in [-0.2, -0.15) is 13.2 Å². The Labute approximate surface area is 181 Å². The molecule has 0 aliphatic rings. The molecule has 0 heterocycles. The van der Waals surface area contributed by atoms with E-state index in [1.165, 1.54) is 18.2 Å². The largest absolute Gasteiger partial charge is 0.418 e. The highest BCUT2D eigenvalue weighted by molar-refractivity contribution is 8.00. The van der Waals surface area contributed by atoms with E-state index in [-0.39, 0.29) is 17.3 Å². The van der Waals surface area contributed by atoms with Crippen LogP contribution in [0, 0.1) is 6.92 Å². The fraction of sp³-hybridized carbons (Fsp3) is 0.130. The lowest BCUT2D eigenvalue weighted by atomic mass is 10.1. The molecule has 2 N–H and O–H groups in total. The molecule has 2 amide bonds. The molecule has 0 fully saturated rings. The number of anilines is 2. The lowest BCUT2D eigenvalue weighted by molar-refractivity contribution is -0.137. The normalized spacial score (nSPS) is 11.1. The Morgan fingerprint density at radius 3 is 2.35 bits per heavy atom. The third-order valence-corrected chi connectivity index (χ3v) is 5.35. The van der Waals surface area contributed by atoms with Gasteiger partial charge in [-0.3, -0.25) is 9.59 Å². The minimum Gasteiger partial charge on any atom is -0.325 e. The zero-order valence-electron chi connectivity index (χ0n) is 16.5. The minimum atomic E-state index is -4.55. The van der Waals surface area contributed by atoms with Crippen LogP contribution in [0.25, 0.3) is 0 Å². The fourth-order valence-corrected chi connectivity index (χ4v) is 3.62. The van der Waals surface area contributed by atoms with Gasteiger partial charge in [0.2, 0.25) is 5.91 Å². The van der Waals surface area contributed by atoms with Crippen molar-refractivity contribution in [3.05, 3.63) is 89.5 Å². The zero-order chi connectivity index (χ0) is 22.4. The van der Waals surface area contributed by atoms with Crippen molar-refractivity contribution in [2.45, 2.75) is 18.0 Å². The monoisotopic (exact) mass is 444 g/mol. The molecule has 160 valence electrons. The third kappa shape index (κ3) is 6.11. The lowest BCUT2D eigenvalue weighted by Gasteiger charge is -2.13. The maximum absolute atomic E-state index is 13.1. The highest BCUT2D eigenvalue weighted by Crippen LogP contribution is 2.34. The highest BCUT2D eigenvalue weighted by Gasteiger charge is 2.33. The first-order valence-electron chi connectivity index (χ1n) is 9.30. The quantitative estimate of drug-likeness (QED) is 0.459. The number of rotatable bonds is 6. The molecule has 3 rings (SSSR count). The Morgan fingerprint density at radius 1 is 0.903 bits per heavy atom. The van der Waals surface area contributed by atoms with E-state index in [4.69, 9.17) is 0 Å². The Balaban J connectivity index is 1.61. The van der Waals surface area contributed by atoms with Gasteiger partial charge in [-0.25, -0.2) is 0 Å². The molecule has 3 aromatic rings. The Bertz CT molecular complexity index is 1100. The van der Waals surface area contributed by atoms with E-state index in [1.54, 1.807) is 36.4 Å². The second-order valence-electron chi connectivity index (χ2n) is 6.68. The number of benzene rings is 3. The van der Waals surface area contributed by atoms with Gasteiger partial charge in [0.15, 0.2) is 0 Å². The molecule has 0 aliphatic heterocycles. The molecule has 4 nitrogen and oxygen atoms in total. The highest BCUT2D eigenvalue weighted by atomic mass is 32.2. The van der Waals surface area contributed by atoms with E-state index in [2.05, 4.69) is 10.6 Å². The van der Waals surface area contributed by atoms with Gasteiger partial charge >= 0.3 is 6.18 Å². The molecule has 0 spiro atoms. The van der Waals surface area contributed by atoms with E-state index in [0.717, 1.165) is 23.4 Å². The number of halogens is 3. The topological polar surface area (TPSA) is 58.2 Å². The van der Waals surface area contributed by atoms with Gasteiger partial charge in [-0.1, -0.05) is 36.4 Å². The number of hydrogen-bond donors (Lipinski definition) is 2. The number of carbonyl (C=O) groups excluding carboxylic acids is 2. The van der Waals surface area contributed by atoms with Crippen molar-refractivity contribution in [2.24, 2.45) is 0 Å². The fourth-order valence-electron chi connectivity index (χ4n) is 2.86. The number of alkyl halides is 3. The van der Waals surface area contributed by atoms with Gasteiger partial charge in [0, 0.05) is 16.1 Å². The number of nitrogens with one attached hydrogen (secondary N) is 2. The molecule has 0 bridgehead atoms. The van der Waals surface area contributed by atoms with Crippen molar-refractivity contribution in [1.29, 1.82) is 0 Å². The van der Waals surface area contributed by atoms with E-state index in [1.807, 2.05) is 19.1 Å². The average Bonchev–Trinajstić information content (AvgIpc) is 2.72. The molecule has 31 heavy (non-hydrogen) atoms. The first kappa shape index (κ1) is 22.4. The first-order chi connectivity index (χ1) is 14.7. The van der Waals surface area contributed by atoms with Gasteiger partial charge in [0.05, 0.1) is 17.0 Å². The van der Waals surface area contributed by atoms with Crippen LogP contribution in [0.4, 0.5) is 24.5 Å². The summed E-state index contributed by atoms with van der Waals surface area (Å²) >= 11 is 1.16. The van der Waals surface area contributed by atoms with Crippen LogP contribution in [0.5, 0.6) is 0 Å². The summed E-state index contributed by atoms with van der Waals surface area (Å²) < 4.78 is 39.2. The van der Waals surface area contributed by atoms with Gasteiger partial charge in [0.1, 0.15) is 0 Å². The van der Waals surface area contributed by atoms with Gasteiger partial charge in [0.25, 0.3) is 5.91 Å². The van der Waals surface area contributed by atoms with Crippen LogP contribution in [-0.4, -0.2) is 17.6 Å². The zero-order valence-corrected chi connectivity index (χ0v) is 17.3. The van der Waals surface area contributed by atoms with Crippen molar-refractivity contribution in [3.63, 3.8) is 0 Å². The van der Waals surface area contributed by atoms with Crippen molar-refractivity contribution >= 4 is 35.0 Å². The van der Waals surface area contributed by atoms with Crippen LogP contribution >= 0.6 is 11.8 Å². The predicted octanol–water partition coefficient (Wildman–Crippen LogP) is 6.00. The predicted molar refractivity (Wildman–Crippen MR) is 116 cm³/mol. The number of hydrogen-bond acceptors (Lipinski definition) is 3. The maximum Gasteiger partial charge on any atom is 0.418 e. The van der Waals surface area contributed by atoms with Crippen LogP contribution in [0.2, 0.25) is 0 Å². The van der Waals surface area contributed by atoms with Gasteiger partial charge in [-0.15, -0.1) is 11.8 Å². The van der Waals surface area contributed by atoms with Crippen molar-refractivity contribution < 1.29 is 22.8 Å². The summed E-state index contributed by atoms with van der Waals surface area (Å²) in [5.41, 5.74) is 0.791. The third-order valence-electron chi connectivity index (χ3n) is 4.36. The van der Waals surface area contributed by atoms with E-state index >= 15 is 0 Å². The molecule has 0 unspecified atom stereocenters. The Hall–Kier alpha value is -3.26. The average molecular weight is 444 g/mol. The van der Waals surface area contributed by atoms with Crippen molar-refractivity contribution in [3.8, 4) is 0 Å². The van der Waals surface area contributed by atoms with Crippen molar-refractivity contribution in [1.82, 2.24) is 0 Å². The molecule has 8 heteroatoms. The van der Waals surface area contributed by atoms with Crippen LogP contribution in [-0.2, 0) is 11.0 Å². The lowest BCUT2D eigenvalue weighted by Crippen LogP contribution is -2.18. The number of thioether (sulfide) groups is 1. The van der Waals surface area contributed by atoms with Crippen LogP contribution in [0.1, 0.15) is 21.5 Å². The summed E-state index contributed by atoms with van der Waals surface area (Å²) in [4.78, 5) is 25.3. The summed E-state index contributed by atoms with van der Waals surface area (Å²) in [6.07, 6.45) is -4.55. The van der Waals surface area contributed by atoms with Gasteiger partial charge in [-0.05, 0) is 48.9 Å². The molecule has 0 atom stereocenters. The molecule has 0 saturated carbocycles. The Morgan fingerprint density at radius 2 is 1.61 bits per heavy atom.